The summed E-state index contributed by atoms with van der Waals surface area (Å²) in [6, 6.07) is 4.29. The summed E-state index contributed by atoms with van der Waals surface area (Å²) in [5.41, 5.74) is 1.20. The van der Waals surface area contributed by atoms with E-state index in [-0.39, 0.29) is 5.56 Å². The normalized spacial score (nSPS) is 12.3. The molecule has 0 aliphatic carbocycles. The van der Waals surface area contributed by atoms with Crippen molar-refractivity contribution in [2.45, 2.75) is 47.2 Å². The van der Waals surface area contributed by atoms with E-state index in [2.05, 4.69) is 0 Å². The molecule has 0 heterocycles. The number of benzene rings is 1. The standard InChI is InChI=1S/C15H17F3.C2H6/c1-4-5-6-8-11(2)13-9-7-10-14(12(13)3)15(16,17)18;1-2/h5-10H,4H2,1-3H3;1-2H3/b6-5+,11-8-;. The molecule has 112 valence electrons. The van der Waals surface area contributed by atoms with Crippen LogP contribution in [0, 0.1) is 6.92 Å². The molecule has 0 aliphatic heterocycles. The molecule has 0 aromatic heterocycles. The second-order valence-electron chi connectivity index (χ2n) is 4.16. The van der Waals surface area contributed by atoms with Crippen LogP contribution in [0.25, 0.3) is 5.57 Å². The molecular weight excluding hydrogens is 261 g/mol. The third-order valence-electron chi connectivity index (χ3n) is 2.78. The van der Waals surface area contributed by atoms with Crippen molar-refractivity contribution in [3.05, 3.63) is 53.1 Å². The van der Waals surface area contributed by atoms with Crippen molar-refractivity contribution in [1.29, 1.82) is 0 Å². The van der Waals surface area contributed by atoms with Crippen LogP contribution in [0.1, 0.15) is 50.8 Å². The summed E-state index contributed by atoms with van der Waals surface area (Å²) in [6.07, 6.45) is 2.29. The SMILES string of the molecule is CC.CC/C=C/C=C(/C)c1cccc(C(F)(F)F)c1C. The van der Waals surface area contributed by atoms with Gasteiger partial charge in [-0.25, -0.2) is 0 Å². The number of allylic oxidation sites excluding steroid dienone is 4. The highest BCUT2D eigenvalue weighted by molar-refractivity contribution is 5.69. The van der Waals surface area contributed by atoms with Gasteiger partial charge in [0.2, 0.25) is 0 Å². The predicted molar refractivity (Wildman–Crippen MR) is 80.6 cm³/mol. The molecule has 0 N–H and O–H groups in total. The Morgan fingerprint density at radius 3 is 2.30 bits per heavy atom. The van der Waals surface area contributed by atoms with Crippen molar-refractivity contribution in [3.8, 4) is 0 Å². The molecule has 0 bridgehead atoms. The molecule has 0 fully saturated rings. The first-order valence-electron chi connectivity index (χ1n) is 6.88. The molecule has 0 spiro atoms. The third-order valence-corrected chi connectivity index (χ3v) is 2.78. The van der Waals surface area contributed by atoms with E-state index in [0.717, 1.165) is 18.1 Å². The summed E-state index contributed by atoms with van der Waals surface area (Å²) in [7, 11) is 0. The zero-order valence-corrected chi connectivity index (χ0v) is 12.8. The van der Waals surface area contributed by atoms with Crippen LogP contribution in [-0.2, 0) is 6.18 Å². The van der Waals surface area contributed by atoms with Gasteiger partial charge >= 0.3 is 6.18 Å². The topological polar surface area (TPSA) is 0 Å². The maximum absolute atomic E-state index is 12.8. The Hall–Kier alpha value is -1.51. The van der Waals surface area contributed by atoms with E-state index < -0.39 is 11.7 Å². The van der Waals surface area contributed by atoms with Crippen LogP contribution in [0.3, 0.4) is 0 Å². The average Bonchev–Trinajstić information content (AvgIpc) is 2.40. The minimum atomic E-state index is -4.29. The van der Waals surface area contributed by atoms with Crippen LogP contribution in [-0.4, -0.2) is 0 Å². The fraction of sp³-hybridized carbons (Fsp3) is 0.412. The van der Waals surface area contributed by atoms with Gasteiger partial charge < -0.3 is 0 Å². The van der Waals surface area contributed by atoms with Crippen LogP contribution >= 0.6 is 0 Å². The van der Waals surface area contributed by atoms with E-state index in [4.69, 9.17) is 0 Å². The number of hydrogen-bond donors (Lipinski definition) is 0. The Morgan fingerprint density at radius 2 is 1.80 bits per heavy atom. The van der Waals surface area contributed by atoms with Crippen molar-refractivity contribution in [2.24, 2.45) is 0 Å². The van der Waals surface area contributed by atoms with Gasteiger partial charge in [-0.15, -0.1) is 0 Å². The number of rotatable bonds is 3. The van der Waals surface area contributed by atoms with Crippen LogP contribution in [0.15, 0.2) is 36.4 Å². The Morgan fingerprint density at radius 1 is 1.20 bits per heavy atom. The van der Waals surface area contributed by atoms with Crippen molar-refractivity contribution >= 4 is 5.57 Å². The first-order chi connectivity index (χ1) is 9.38. The zero-order valence-electron chi connectivity index (χ0n) is 12.8. The van der Waals surface area contributed by atoms with Gasteiger partial charge in [0.05, 0.1) is 5.56 Å². The first-order valence-corrected chi connectivity index (χ1v) is 6.88. The molecule has 0 saturated carbocycles. The Kier molecular flexibility index (Phi) is 7.97. The summed E-state index contributed by atoms with van der Waals surface area (Å²) < 4.78 is 38.3. The second kappa shape index (κ2) is 8.62. The van der Waals surface area contributed by atoms with Crippen LogP contribution in [0.2, 0.25) is 0 Å². The molecule has 1 rings (SSSR count). The quantitative estimate of drug-likeness (QED) is 0.562. The molecule has 1 aromatic rings. The van der Waals surface area contributed by atoms with E-state index in [1.165, 1.54) is 13.0 Å². The second-order valence-corrected chi connectivity index (χ2v) is 4.16. The van der Waals surface area contributed by atoms with Gasteiger partial charge in [-0.3, -0.25) is 0 Å². The summed E-state index contributed by atoms with van der Waals surface area (Å²) >= 11 is 0. The third kappa shape index (κ3) is 5.24. The molecular formula is C17H23F3. The van der Waals surface area contributed by atoms with Crippen molar-refractivity contribution in [2.75, 3.05) is 0 Å². The lowest BCUT2D eigenvalue weighted by Crippen LogP contribution is -2.08. The van der Waals surface area contributed by atoms with E-state index >= 15 is 0 Å². The van der Waals surface area contributed by atoms with E-state index in [0.29, 0.717) is 5.56 Å². The van der Waals surface area contributed by atoms with Gasteiger partial charge in [-0.1, -0.05) is 51.1 Å². The van der Waals surface area contributed by atoms with Gasteiger partial charge in [0.1, 0.15) is 0 Å². The first kappa shape index (κ1) is 18.5. The summed E-state index contributed by atoms with van der Waals surface area (Å²) in [6.45, 7) is 9.34. The maximum atomic E-state index is 12.8. The lowest BCUT2D eigenvalue weighted by molar-refractivity contribution is -0.138. The van der Waals surface area contributed by atoms with Gasteiger partial charge in [-0.2, -0.15) is 13.2 Å². The van der Waals surface area contributed by atoms with Crippen LogP contribution in [0.4, 0.5) is 13.2 Å². The molecule has 0 radical (unpaired) electrons. The fourth-order valence-corrected chi connectivity index (χ4v) is 1.81. The molecule has 20 heavy (non-hydrogen) atoms. The Labute approximate surface area is 120 Å². The van der Waals surface area contributed by atoms with E-state index in [1.54, 1.807) is 6.07 Å². The highest BCUT2D eigenvalue weighted by Crippen LogP contribution is 2.34. The predicted octanol–water partition coefficient (Wildman–Crippen LogP) is 6.41. The largest absolute Gasteiger partial charge is 0.416 e. The number of alkyl halides is 3. The molecule has 0 nitrogen and oxygen atoms in total. The summed E-state index contributed by atoms with van der Waals surface area (Å²) in [5.74, 6) is 0. The maximum Gasteiger partial charge on any atom is 0.416 e. The van der Waals surface area contributed by atoms with Crippen molar-refractivity contribution < 1.29 is 13.2 Å². The summed E-state index contributed by atoms with van der Waals surface area (Å²) in [4.78, 5) is 0. The minimum absolute atomic E-state index is 0.281. The molecule has 0 aliphatic rings. The van der Waals surface area contributed by atoms with Crippen LogP contribution < -0.4 is 0 Å². The highest BCUT2D eigenvalue weighted by Gasteiger charge is 2.32. The molecule has 1 aromatic carbocycles. The monoisotopic (exact) mass is 284 g/mol. The average molecular weight is 284 g/mol. The van der Waals surface area contributed by atoms with E-state index in [1.807, 2.05) is 45.9 Å². The molecule has 0 saturated heterocycles. The lowest BCUT2D eigenvalue weighted by Gasteiger charge is -2.14. The zero-order chi connectivity index (χ0) is 15.8. The molecule has 0 unspecified atom stereocenters. The van der Waals surface area contributed by atoms with Gasteiger partial charge in [0, 0.05) is 0 Å². The number of halogens is 3. The molecule has 3 heteroatoms. The van der Waals surface area contributed by atoms with Crippen molar-refractivity contribution in [3.63, 3.8) is 0 Å². The Balaban J connectivity index is 0.00000172. The smallest absolute Gasteiger partial charge is 0.166 e. The highest BCUT2D eigenvalue weighted by atomic mass is 19.4. The fourth-order valence-electron chi connectivity index (χ4n) is 1.81. The van der Waals surface area contributed by atoms with Gasteiger partial charge in [0.15, 0.2) is 0 Å². The lowest BCUT2D eigenvalue weighted by atomic mass is 9.96. The molecule has 0 amide bonds. The van der Waals surface area contributed by atoms with E-state index in [9.17, 15) is 13.2 Å². The van der Waals surface area contributed by atoms with Crippen LogP contribution in [0.5, 0.6) is 0 Å². The Bertz CT molecular complexity index is 466. The minimum Gasteiger partial charge on any atom is -0.166 e. The number of hydrogen-bond acceptors (Lipinski definition) is 0. The van der Waals surface area contributed by atoms with Gasteiger partial charge in [0.25, 0.3) is 0 Å². The molecule has 0 atom stereocenters. The van der Waals surface area contributed by atoms with Crippen molar-refractivity contribution in [1.82, 2.24) is 0 Å². The summed E-state index contributed by atoms with van der Waals surface area (Å²) in [5, 5.41) is 0. The van der Waals surface area contributed by atoms with Gasteiger partial charge in [-0.05, 0) is 43.0 Å².